The molecule has 0 spiro atoms. The SMILES string of the molecule is CCOC(=O)C(OC)c1ccc(-c2cccc(C(F)(F)F)c2)o1. The first-order chi connectivity index (χ1) is 10.9. The van der Waals surface area contributed by atoms with Crippen molar-refractivity contribution in [1.82, 2.24) is 0 Å². The first kappa shape index (κ1) is 17.1. The number of hydrogen-bond donors (Lipinski definition) is 0. The van der Waals surface area contributed by atoms with Gasteiger partial charge in [0.2, 0.25) is 6.10 Å². The third kappa shape index (κ3) is 3.92. The number of alkyl halides is 3. The van der Waals surface area contributed by atoms with Gasteiger partial charge in [0.15, 0.2) is 0 Å². The van der Waals surface area contributed by atoms with Gasteiger partial charge in [0.1, 0.15) is 11.5 Å². The maximum atomic E-state index is 12.8. The van der Waals surface area contributed by atoms with Gasteiger partial charge in [-0.15, -0.1) is 0 Å². The van der Waals surface area contributed by atoms with Crippen LogP contribution in [0.15, 0.2) is 40.8 Å². The molecule has 0 bridgehead atoms. The molecule has 7 heteroatoms. The average molecular weight is 328 g/mol. The molecule has 0 saturated carbocycles. The van der Waals surface area contributed by atoms with Gasteiger partial charge in [0.05, 0.1) is 12.2 Å². The van der Waals surface area contributed by atoms with E-state index in [1.54, 1.807) is 6.92 Å². The van der Waals surface area contributed by atoms with Crippen LogP contribution < -0.4 is 0 Å². The van der Waals surface area contributed by atoms with Gasteiger partial charge in [0.25, 0.3) is 0 Å². The summed E-state index contributed by atoms with van der Waals surface area (Å²) in [7, 11) is 1.31. The number of halogens is 3. The number of hydrogen-bond acceptors (Lipinski definition) is 4. The molecule has 1 aromatic carbocycles. The molecule has 2 rings (SSSR count). The lowest BCUT2D eigenvalue weighted by molar-refractivity contribution is -0.156. The second-order valence-electron chi connectivity index (χ2n) is 4.65. The van der Waals surface area contributed by atoms with Gasteiger partial charge >= 0.3 is 12.1 Å². The molecule has 1 heterocycles. The van der Waals surface area contributed by atoms with E-state index in [2.05, 4.69) is 0 Å². The fraction of sp³-hybridized carbons (Fsp3) is 0.312. The van der Waals surface area contributed by atoms with Crippen LogP contribution in [0.3, 0.4) is 0 Å². The van der Waals surface area contributed by atoms with Crippen LogP contribution in [-0.4, -0.2) is 19.7 Å². The third-order valence-electron chi connectivity index (χ3n) is 3.10. The van der Waals surface area contributed by atoms with Gasteiger partial charge in [-0.25, -0.2) is 4.79 Å². The number of carbonyl (C=O) groups is 1. The lowest BCUT2D eigenvalue weighted by Crippen LogP contribution is -2.17. The van der Waals surface area contributed by atoms with E-state index in [0.29, 0.717) is 0 Å². The van der Waals surface area contributed by atoms with E-state index < -0.39 is 23.8 Å². The lowest BCUT2D eigenvalue weighted by atomic mass is 10.1. The Kier molecular flexibility index (Phi) is 5.10. The molecule has 0 N–H and O–H groups in total. The largest absolute Gasteiger partial charge is 0.464 e. The second-order valence-corrected chi connectivity index (χ2v) is 4.65. The van der Waals surface area contributed by atoms with E-state index in [1.807, 2.05) is 0 Å². The van der Waals surface area contributed by atoms with E-state index >= 15 is 0 Å². The highest BCUT2D eigenvalue weighted by molar-refractivity contribution is 5.76. The summed E-state index contributed by atoms with van der Waals surface area (Å²) in [6, 6.07) is 7.69. The summed E-state index contributed by atoms with van der Waals surface area (Å²) in [6.07, 6.45) is -5.50. The molecule has 0 fully saturated rings. The smallest absolute Gasteiger partial charge is 0.416 e. The van der Waals surface area contributed by atoms with Crippen LogP contribution in [0.5, 0.6) is 0 Å². The number of esters is 1. The van der Waals surface area contributed by atoms with Gasteiger partial charge in [-0.3, -0.25) is 0 Å². The van der Waals surface area contributed by atoms with E-state index in [-0.39, 0.29) is 23.7 Å². The van der Waals surface area contributed by atoms with Gasteiger partial charge in [0, 0.05) is 12.7 Å². The van der Waals surface area contributed by atoms with Crippen LogP contribution in [0.4, 0.5) is 13.2 Å². The molecular formula is C16H15F3O4. The predicted octanol–water partition coefficient (Wildman–Crippen LogP) is 4.22. The van der Waals surface area contributed by atoms with Gasteiger partial charge < -0.3 is 13.9 Å². The molecule has 0 aliphatic rings. The predicted molar refractivity (Wildman–Crippen MR) is 75.5 cm³/mol. The van der Waals surface area contributed by atoms with Gasteiger partial charge in [-0.05, 0) is 31.2 Å². The van der Waals surface area contributed by atoms with E-state index in [1.165, 1.54) is 31.4 Å². The van der Waals surface area contributed by atoms with Crippen molar-refractivity contribution in [2.45, 2.75) is 19.2 Å². The Morgan fingerprint density at radius 3 is 2.61 bits per heavy atom. The highest BCUT2D eigenvalue weighted by Crippen LogP contribution is 2.33. The fourth-order valence-electron chi connectivity index (χ4n) is 2.04. The molecule has 0 amide bonds. The number of methoxy groups -OCH3 is 1. The van der Waals surface area contributed by atoms with Crippen molar-refractivity contribution in [3.05, 3.63) is 47.7 Å². The Morgan fingerprint density at radius 1 is 1.26 bits per heavy atom. The third-order valence-corrected chi connectivity index (χ3v) is 3.10. The number of carbonyl (C=O) groups excluding carboxylic acids is 1. The molecule has 0 radical (unpaired) electrons. The Bertz CT molecular complexity index is 676. The highest BCUT2D eigenvalue weighted by atomic mass is 19.4. The topological polar surface area (TPSA) is 48.7 Å². The molecular weight excluding hydrogens is 313 g/mol. The van der Waals surface area contributed by atoms with Crippen molar-refractivity contribution < 1.29 is 31.9 Å². The van der Waals surface area contributed by atoms with Crippen molar-refractivity contribution in [1.29, 1.82) is 0 Å². The minimum Gasteiger partial charge on any atom is -0.464 e. The number of ether oxygens (including phenoxy) is 2. The molecule has 23 heavy (non-hydrogen) atoms. The van der Waals surface area contributed by atoms with Crippen LogP contribution in [0.2, 0.25) is 0 Å². The molecule has 124 valence electrons. The van der Waals surface area contributed by atoms with Crippen molar-refractivity contribution >= 4 is 5.97 Å². The lowest BCUT2D eigenvalue weighted by Gasteiger charge is -2.11. The summed E-state index contributed by atoms with van der Waals surface area (Å²) >= 11 is 0. The summed E-state index contributed by atoms with van der Waals surface area (Å²) in [5.74, 6) is -0.254. The normalized spacial score (nSPS) is 12.9. The minimum atomic E-state index is -4.44. The maximum absolute atomic E-state index is 12.8. The second kappa shape index (κ2) is 6.87. The Hall–Kier alpha value is -2.28. The zero-order valence-electron chi connectivity index (χ0n) is 12.5. The zero-order valence-corrected chi connectivity index (χ0v) is 12.5. The summed E-state index contributed by atoms with van der Waals surface area (Å²) < 4.78 is 53.6. The van der Waals surface area contributed by atoms with Crippen LogP contribution in [-0.2, 0) is 20.4 Å². The monoisotopic (exact) mass is 328 g/mol. The first-order valence-corrected chi connectivity index (χ1v) is 6.83. The number of rotatable bonds is 5. The van der Waals surface area contributed by atoms with Crippen molar-refractivity contribution in [3.63, 3.8) is 0 Å². The Balaban J connectivity index is 2.30. The van der Waals surface area contributed by atoms with Crippen molar-refractivity contribution in [2.24, 2.45) is 0 Å². The van der Waals surface area contributed by atoms with Crippen LogP contribution >= 0.6 is 0 Å². The van der Waals surface area contributed by atoms with Gasteiger partial charge in [-0.1, -0.05) is 12.1 Å². The molecule has 2 aromatic rings. The molecule has 1 atom stereocenters. The number of furan rings is 1. The Morgan fingerprint density at radius 2 is 2.00 bits per heavy atom. The van der Waals surface area contributed by atoms with E-state index in [9.17, 15) is 18.0 Å². The zero-order chi connectivity index (χ0) is 17.0. The fourth-order valence-corrected chi connectivity index (χ4v) is 2.04. The van der Waals surface area contributed by atoms with E-state index in [4.69, 9.17) is 13.9 Å². The van der Waals surface area contributed by atoms with Crippen molar-refractivity contribution in [2.75, 3.05) is 13.7 Å². The van der Waals surface area contributed by atoms with Crippen LogP contribution in [0.25, 0.3) is 11.3 Å². The minimum absolute atomic E-state index is 0.165. The van der Waals surface area contributed by atoms with E-state index in [0.717, 1.165) is 12.1 Å². The molecule has 4 nitrogen and oxygen atoms in total. The highest BCUT2D eigenvalue weighted by Gasteiger charge is 2.31. The quantitative estimate of drug-likeness (QED) is 0.771. The van der Waals surface area contributed by atoms with Gasteiger partial charge in [-0.2, -0.15) is 13.2 Å². The molecule has 0 aliphatic heterocycles. The summed E-state index contributed by atoms with van der Waals surface area (Å²) in [6.45, 7) is 1.83. The summed E-state index contributed by atoms with van der Waals surface area (Å²) in [5.41, 5.74) is -0.522. The summed E-state index contributed by atoms with van der Waals surface area (Å²) in [5, 5.41) is 0. The standard InChI is InChI=1S/C16H15F3O4/c1-3-22-15(20)14(21-2)13-8-7-12(23-13)10-5-4-6-11(9-10)16(17,18)19/h4-9,14H,3H2,1-2H3. The molecule has 0 aliphatic carbocycles. The molecule has 1 aromatic heterocycles. The first-order valence-electron chi connectivity index (χ1n) is 6.83. The van der Waals surface area contributed by atoms with Crippen molar-refractivity contribution in [3.8, 4) is 11.3 Å². The Labute approximate surface area is 130 Å². The maximum Gasteiger partial charge on any atom is 0.416 e. The van der Waals surface area contributed by atoms with Crippen LogP contribution in [0, 0.1) is 0 Å². The molecule has 1 unspecified atom stereocenters. The average Bonchev–Trinajstić information content (AvgIpc) is 2.97. The van der Waals surface area contributed by atoms with Crippen LogP contribution in [0.1, 0.15) is 24.4 Å². The summed E-state index contributed by atoms with van der Waals surface area (Å²) in [4.78, 5) is 11.8. The molecule has 0 saturated heterocycles. The number of benzene rings is 1.